The number of fused-ring (bicyclic) bond motifs is 3. The minimum Gasteiger partial charge on any atom is -0.511 e. The van der Waals surface area contributed by atoms with Crippen molar-refractivity contribution in [3.63, 3.8) is 0 Å². The number of phenolic OH excluding ortho intramolecular Hbond substituents is 1. The van der Waals surface area contributed by atoms with E-state index < -0.39 is 56.8 Å². The maximum absolute atomic E-state index is 13.9. The summed E-state index contributed by atoms with van der Waals surface area (Å²) in [5.74, 6) is -5.37. The second-order valence-electron chi connectivity index (χ2n) is 11.8. The van der Waals surface area contributed by atoms with Crippen molar-refractivity contribution in [2.75, 3.05) is 0 Å². The molecule has 198 valence electrons. The van der Waals surface area contributed by atoms with Crippen LogP contribution in [-0.2, 0) is 27.2 Å². The summed E-state index contributed by atoms with van der Waals surface area (Å²) in [6.07, 6.45) is 0.854. The molecule has 0 aliphatic heterocycles. The van der Waals surface area contributed by atoms with Crippen LogP contribution in [0.1, 0.15) is 75.9 Å². The Morgan fingerprint density at radius 2 is 1.70 bits per heavy atom. The largest absolute Gasteiger partial charge is 0.511 e. The summed E-state index contributed by atoms with van der Waals surface area (Å²) < 4.78 is 0. The van der Waals surface area contributed by atoms with E-state index in [1.54, 1.807) is 33.8 Å². The van der Waals surface area contributed by atoms with Crippen LogP contribution >= 0.6 is 0 Å². The van der Waals surface area contributed by atoms with Gasteiger partial charge in [-0.1, -0.05) is 33.8 Å². The molecule has 1 unspecified atom stereocenters. The molecule has 4 atom stereocenters. The van der Waals surface area contributed by atoms with Crippen molar-refractivity contribution < 1.29 is 39.6 Å². The molecule has 8 nitrogen and oxygen atoms in total. The number of benzene rings is 1. The Labute approximate surface area is 215 Å². The summed E-state index contributed by atoms with van der Waals surface area (Å²) >= 11 is 0. The van der Waals surface area contributed by atoms with Crippen molar-refractivity contribution in [2.24, 2.45) is 22.7 Å². The lowest BCUT2D eigenvalue weighted by molar-refractivity contribution is -0.171. The monoisotopic (exact) mass is 510 g/mol. The molecule has 8 heteroatoms. The van der Waals surface area contributed by atoms with Gasteiger partial charge in [0.05, 0.1) is 5.56 Å². The highest BCUT2D eigenvalue weighted by atomic mass is 16.3. The first kappa shape index (κ1) is 26.8. The number of rotatable bonds is 5. The lowest BCUT2D eigenvalue weighted by Crippen LogP contribution is -2.67. The lowest BCUT2D eigenvalue weighted by Gasteiger charge is -2.59. The smallest absolute Gasteiger partial charge is 0.209 e. The predicted molar refractivity (Wildman–Crippen MR) is 134 cm³/mol. The molecule has 0 aromatic heterocycles. The fourth-order valence-electron chi connectivity index (χ4n) is 7.34. The van der Waals surface area contributed by atoms with Crippen LogP contribution in [0.3, 0.4) is 0 Å². The van der Waals surface area contributed by atoms with Crippen LogP contribution in [-0.4, -0.2) is 49.2 Å². The van der Waals surface area contributed by atoms with Gasteiger partial charge in [0, 0.05) is 28.7 Å². The number of hydrogen-bond donors (Lipinski definition) is 4. The number of ketones is 4. The predicted octanol–water partition coefficient (Wildman–Crippen LogP) is 3.87. The van der Waals surface area contributed by atoms with Crippen molar-refractivity contribution in [2.45, 2.75) is 72.8 Å². The Morgan fingerprint density at radius 1 is 1.08 bits per heavy atom. The third-order valence-electron chi connectivity index (χ3n) is 8.73. The summed E-state index contributed by atoms with van der Waals surface area (Å²) in [5.41, 5.74) is -4.66. The van der Waals surface area contributed by atoms with E-state index in [9.17, 15) is 39.6 Å². The number of aromatic hydroxyl groups is 1. The van der Waals surface area contributed by atoms with E-state index in [-0.39, 0.29) is 47.8 Å². The molecule has 37 heavy (non-hydrogen) atoms. The van der Waals surface area contributed by atoms with Crippen molar-refractivity contribution >= 4 is 23.1 Å². The Hall–Kier alpha value is -3.26. The number of aliphatic hydroxyl groups excluding tert-OH is 2. The zero-order valence-corrected chi connectivity index (χ0v) is 22.1. The Kier molecular flexibility index (Phi) is 6.07. The van der Waals surface area contributed by atoms with Gasteiger partial charge in [0.25, 0.3) is 0 Å². The van der Waals surface area contributed by atoms with Gasteiger partial charge < -0.3 is 25.2 Å². The normalized spacial score (nSPS) is 31.3. The van der Waals surface area contributed by atoms with Gasteiger partial charge in [0.2, 0.25) is 5.78 Å². The number of aliphatic hydroxyl groups is 3. The van der Waals surface area contributed by atoms with Crippen molar-refractivity contribution in [3.05, 3.63) is 51.5 Å². The van der Waals surface area contributed by atoms with E-state index in [0.29, 0.717) is 12.0 Å². The van der Waals surface area contributed by atoms with Gasteiger partial charge >= 0.3 is 0 Å². The van der Waals surface area contributed by atoms with Crippen molar-refractivity contribution in [1.82, 2.24) is 0 Å². The first-order chi connectivity index (χ1) is 17.0. The molecule has 1 aromatic rings. The third-order valence-corrected chi connectivity index (χ3v) is 8.73. The average Bonchev–Trinajstić information content (AvgIpc) is 2.75. The van der Waals surface area contributed by atoms with Gasteiger partial charge in [0.15, 0.2) is 17.2 Å². The van der Waals surface area contributed by atoms with Crippen LogP contribution in [0.15, 0.2) is 34.8 Å². The number of carbonyl (C=O) groups is 4. The quantitative estimate of drug-likeness (QED) is 0.436. The molecule has 3 aliphatic rings. The summed E-state index contributed by atoms with van der Waals surface area (Å²) in [7, 11) is 0. The number of phenols is 1. The first-order valence-electron chi connectivity index (χ1n) is 12.6. The molecule has 0 fully saturated rings. The van der Waals surface area contributed by atoms with E-state index in [2.05, 4.69) is 0 Å². The number of hydrogen-bond acceptors (Lipinski definition) is 8. The zero-order chi connectivity index (χ0) is 27.8. The van der Waals surface area contributed by atoms with Crippen LogP contribution in [0.4, 0.5) is 0 Å². The molecular formula is C29H34O8. The highest BCUT2D eigenvalue weighted by Gasteiger charge is 2.71. The molecule has 0 saturated heterocycles. The summed E-state index contributed by atoms with van der Waals surface area (Å²) in [6, 6.07) is 3.04. The third kappa shape index (κ3) is 3.45. The van der Waals surface area contributed by atoms with Crippen molar-refractivity contribution in [1.29, 1.82) is 0 Å². The maximum atomic E-state index is 13.9. The molecule has 4 rings (SSSR count). The van der Waals surface area contributed by atoms with Crippen LogP contribution in [0.25, 0.3) is 0 Å². The molecule has 0 bridgehead atoms. The fourth-order valence-corrected chi connectivity index (χ4v) is 7.34. The Bertz CT molecular complexity index is 1330. The Balaban J connectivity index is 2.02. The van der Waals surface area contributed by atoms with E-state index in [0.717, 1.165) is 12.5 Å². The molecule has 1 aromatic carbocycles. The Morgan fingerprint density at radius 3 is 2.24 bits per heavy atom. The van der Waals surface area contributed by atoms with Gasteiger partial charge in [-0.3, -0.25) is 14.4 Å². The molecule has 0 heterocycles. The van der Waals surface area contributed by atoms with E-state index in [4.69, 9.17) is 0 Å². The number of aryl methyl sites for hydroxylation is 1. The molecule has 0 amide bonds. The second kappa shape index (κ2) is 8.38. The number of carbonyl (C=O) groups excluding carboxylic acids is 4. The minimum absolute atomic E-state index is 0.0207. The highest BCUT2D eigenvalue weighted by molar-refractivity contribution is 6.25. The average molecular weight is 511 g/mol. The summed E-state index contributed by atoms with van der Waals surface area (Å²) in [5, 5.41) is 45.4. The maximum Gasteiger partial charge on any atom is 0.209 e. The minimum atomic E-state index is -2.63. The molecule has 0 saturated carbocycles. The number of allylic oxidation sites excluding steroid dienone is 2. The summed E-state index contributed by atoms with van der Waals surface area (Å²) in [4.78, 5) is 51.6. The zero-order valence-electron chi connectivity index (χ0n) is 22.1. The molecule has 3 aliphatic carbocycles. The standard InChI is InChI=1S/C29H34O8/c1-13(2)21-23(33)19(15(4)31)25(35)29(37)26(36)22-24(34)20-17(11-27(22,5)12-28(21,29)6)16(8-7-14(3)30)9-10-18(20)32/h9-10,13,21,32-33,36-37H,7-8,11-12H2,1-6H3/t21?,27-,28-,29+/m1/s1. The van der Waals surface area contributed by atoms with Gasteiger partial charge in [-0.25, -0.2) is 0 Å². The van der Waals surface area contributed by atoms with Crippen LogP contribution in [0.5, 0.6) is 5.75 Å². The van der Waals surface area contributed by atoms with E-state index in [1.807, 2.05) is 0 Å². The van der Waals surface area contributed by atoms with E-state index in [1.165, 1.54) is 13.0 Å². The van der Waals surface area contributed by atoms with Gasteiger partial charge in [-0.05, 0) is 56.2 Å². The van der Waals surface area contributed by atoms with Gasteiger partial charge in [-0.15, -0.1) is 0 Å². The van der Waals surface area contributed by atoms with Crippen LogP contribution < -0.4 is 0 Å². The van der Waals surface area contributed by atoms with Crippen molar-refractivity contribution in [3.8, 4) is 5.75 Å². The highest BCUT2D eigenvalue weighted by Crippen LogP contribution is 2.65. The topological polar surface area (TPSA) is 149 Å². The summed E-state index contributed by atoms with van der Waals surface area (Å²) in [6.45, 7) is 9.51. The van der Waals surface area contributed by atoms with E-state index >= 15 is 0 Å². The molecule has 0 radical (unpaired) electrons. The molecular weight excluding hydrogens is 476 g/mol. The second-order valence-corrected chi connectivity index (χ2v) is 11.8. The van der Waals surface area contributed by atoms with Gasteiger partial charge in [-0.2, -0.15) is 0 Å². The SMILES string of the molecule is CC(=O)CCc1ccc(O)c2c1C[C@]1(C)C[C@]3(C)C(C(C)C)C(O)=C(C(C)=O)C(=O)[C@]3(O)C(O)=C1C2=O. The number of Topliss-reactive ketones (excluding diaryl/α,β-unsaturated/α-hetero) is 4. The van der Waals surface area contributed by atoms with Crippen LogP contribution in [0.2, 0.25) is 0 Å². The molecule has 4 N–H and O–H groups in total. The van der Waals surface area contributed by atoms with Crippen LogP contribution in [0, 0.1) is 22.7 Å². The van der Waals surface area contributed by atoms with Gasteiger partial charge in [0.1, 0.15) is 28.6 Å². The lowest BCUT2D eigenvalue weighted by atomic mass is 9.44. The molecule has 0 spiro atoms. The first-order valence-corrected chi connectivity index (χ1v) is 12.6. The fraction of sp³-hybridized carbons (Fsp3) is 0.517.